The molecule has 0 aromatic carbocycles. The van der Waals surface area contributed by atoms with Crippen molar-refractivity contribution >= 4 is 5.82 Å². The Morgan fingerprint density at radius 1 is 1.09 bits per heavy atom. The highest BCUT2D eigenvalue weighted by Crippen LogP contribution is 2.35. The van der Waals surface area contributed by atoms with E-state index >= 15 is 0 Å². The first-order valence-corrected chi connectivity index (χ1v) is 7.33. The summed E-state index contributed by atoms with van der Waals surface area (Å²) in [4.78, 5) is 12.1. The fourth-order valence-electron chi connectivity index (χ4n) is 2.60. The molecule has 2 aromatic heterocycles. The Labute approximate surface area is 131 Å². The number of rotatable bonds is 3. The normalized spacial score (nSPS) is 16.3. The summed E-state index contributed by atoms with van der Waals surface area (Å²) in [6.07, 6.45) is -0.564. The molecule has 0 unspecified atom stereocenters. The molecular formula is C15H16F3N5. The lowest BCUT2D eigenvalue weighted by atomic mass is 10.1. The minimum atomic E-state index is -4.48. The van der Waals surface area contributed by atoms with Crippen molar-refractivity contribution < 1.29 is 13.2 Å². The third-order valence-electron chi connectivity index (χ3n) is 3.72. The van der Waals surface area contributed by atoms with E-state index in [1.807, 2.05) is 0 Å². The molecule has 1 aliphatic heterocycles. The van der Waals surface area contributed by atoms with Gasteiger partial charge in [-0.1, -0.05) is 6.07 Å². The average Bonchev–Trinajstić information content (AvgIpc) is 2.78. The van der Waals surface area contributed by atoms with Gasteiger partial charge in [-0.2, -0.15) is 13.2 Å². The van der Waals surface area contributed by atoms with Crippen molar-refractivity contribution in [3.63, 3.8) is 0 Å². The third-order valence-corrected chi connectivity index (χ3v) is 3.72. The maximum absolute atomic E-state index is 13.4. The fraction of sp³-hybridized carbons (Fsp3) is 0.400. The zero-order valence-electron chi connectivity index (χ0n) is 12.3. The molecule has 0 spiro atoms. The van der Waals surface area contributed by atoms with E-state index in [0.29, 0.717) is 19.4 Å². The molecule has 0 bridgehead atoms. The predicted molar refractivity (Wildman–Crippen MR) is 79.0 cm³/mol. The molecule has 5 nitrogen and oxygen atoms in total. The Morgan fingerprint density at radius 2 is 1.91 bits per heavy atom. The van der Waals surface area contributed by atoms with Crippen LogP contribution in [0.2, 0.25) is 0 Å². The Kier molecular flexibility index (Phi) is 4.42. The maximum Gasteiger partial charge on any atom is 0.414 e. The van der Waals surface area contributed by atoms with Crippen molar-refractivity contribution in [2.75, 3.05) is 18.4 Å². The Hall–Kier alpha value is -2.22. The molecule has 1 atom stereocenters. The highest BCUT2D eigenvalue weighted by molar-refractivity contribution is 5.48. The van der Waals surface area contributed by atoms with Gasteiger partial charge in [-0.3, -0.25) is 4.98 Å². The van der Waals surface area contributed by atoms with Crippen LogP contribution in [0.1, 0.15) is 23.0 Å². The minimum absolute atomic E-state index is 0.0842. The summed E-state index contributed by atoms with van der Waals surface area (Å²) >= 11 is 0. The van der Waals surface area contributed by atoms with Gasteiger partial charge in [0.25, 0.3) is 0 Å². The highest BCUT2D eigenvalue weighted by atomic mass is 19.4. The quantitative estimate of drug-likeness (QED) is 0.907. The zero-order valence-corrected chi connectivity index (χ0v) is 12.3. The van der Waals surface area contributed by atoms with Crippen LogP contribution in [-0.4, -0.2) is 34.2 Å². The van der Waals surface area contributed by atoms with Gasteiger partial charge < -0.3 is 10.6 Å². The SMILES string of the molecule is FC(F)(F)[C@H](Nc1ncnc2c1CCNCC2)c1ccccn1. The summed E-state index contributed by atoms with van der Waals surface area (Å²) in [5.74, 6) is 0.228. The largest absolute Gasteiger partial charge is 0.414 e. The van der Waals surface area contributed by atoms with E-state index in [1.165, 1.54) is 24.7 Å². The molecule has 122 valence electrons. The van der Waals surface area contributed by atoms with Crippen LogP contribution in [0.15, 0.2) is 30.7 Å². The number of aromatic nitrogens is 3. The molecule has 3 rings (SSSR count). The van der Waals surface area contributed by atoms with Crippen molar-refractivity contribution in [1.82, 2.24) is 20.3 Å². The van der Waals surface area contributed by atoms with Crippen LogP contribution in [0.3, 0.4) is 0 Å². The van der Waals surface area contributed by atoms with Gasteiger partial charge in [-0.15, -0.1) is 0 Å². The second-order valence-electron chi connectivity index (χ2n) is 5.27. The Morgan fingerprint density at radius 3 is 2.65 bits per heavy atom. The van der Waals surface area contributed by atoms with Gasteiger partial charge in [0, 0.05) is 24.7 Å². The summed E-state index contributed by atoms with van der Waals surface area (Å²) in [5, 5.41) is 5.73. The monoisotopic (exact) mass is 323 g/mol. The molecule has 0 aliphatic carbocycles. The van der Waals surface area contributed by atoms with E-state index in [9.17, 15) is 13.2 Å². The number of halogens is 3. The van der Waals surface area contributed by atoms with Crippen molar-refractivity contribution in [2.45, 2.75) is 25.1 Å². The Bertz CT molecular complexity index is 660. The zero-order chi connectivity index (χ0) is 16.3. The van der Waals surface area contributed by atoms with Gasteiger partial charge in [-0.05, 0) is 25.1 Å². The van der Waals surface area contributed by atoms with Crippen molar-refractivity contribution in [3.05, 3.63) is 47.7 Å². The number of pyridine rings is 1. The first kappa shape index (κ1) is 15.7. The molecule has 2 aromatic rings. The van der Waals surface area contributed by atoms with Gasteiger partial charge in [0.1, 0.15) is 12.1 Å². The number of nitrogens with one attached hydrogen (secondary N) is 2. The van der Waals surface area contributed by atoms with Crippen LogP contribution in [0.25, 0.3) is 0 Å². The molecule has 2 N–H and O–H groups in total. The lowest BCUT2D eigenvalue weighted by Gasteiger charge is -2.23. The standard InChI is InChI=1S/C15H16F3N5/c16-15(17,18)13(12-3-1-2-6-20-12)23-14-10-4-7-19-8-5-11(10)21-9-22-14/h1-3,6,9,13,19H,4-5,7-8H2,(H,21,22,23)/t13-/m1/s1. The minimum Gasteiger partial charge on any atom is -0.353 e. The predicted octanol–water partition coefficient (Wildman–Crippen LogP) is 2.28. The van der Waals surface area contributed by atoms with E-state index in [0.717, 1.165) is 17.8 Å². The first-order valence-electron chi connectivity index (χ1n) is 7.33. The lowest BCUT2D eigenvalue weighted by molar-refractivity contribution is -0.144. The van der Waals surface area contributed by atoms with Crippen molar-refractivity contribution in [1.29, 1.82) is 0 Å². The molecule has 8 heteroatoms. The van der Waals surface area contributed by atoms with Crippen LogP contribution >= 0.6 is 0 Å². The molecular weight excluding hydrogens is 307 g/mol. The first-order chi connectivity index (χ1) is 11.1. The summed E-state index contributed by atoms with van der Waals surface area (Å²) < 4.78 is 40.3. The van der Waals surface area contributed by atoms with E-state index < -0.39 is 12.2 Å². The average molecular weight is 323 g/mol. The van der Waals surface area contributed by atoms with Gasteiger partial charge in [-0.25, -0.2) is 9.97 Å². The Balaban J connectivity index is 1.95. The van der Waals surface area contributed by atoms with Crippen LogP contribution in [-0.2, 0) is 12.8 Å². The molecule has 0 radical (unpaired) electrons. The molecule has 23 heavy (non-hydrogen) atoms. The lowest BCUT2D eigenvalue weighted by Crippen LogP contribution is -2.29. The summed E-state index contributed by atoms with van der Waals surface area (Å²) in [6.45, 7) is 1.45. The van der Waals surface area contributed by atoms with Gasteiger partial charge in [0.05, 0.1) is 11.4 Å². The molecule has 0 saturated heterocycles. The number of hydrogen-bond acceptors (Lipinski definition) is 5. The summed E-state index contributed by atoms with van der Waals surface area (Å²) in [6, 6.07) is 2.57. The van der Waals surface area contributed by atoms with E-state index in [4.69, 9.17) is 0 Å². The second kappa shape index (κ2) is 6.49. The number of nitrogens with zero attached hydrogens (tertiary/aromatic N) is 3. The third kappa shape index (κ3) is 3.58. The van der Waals surface area contributed by atoms with Gasteiger partial charge in [0.15, 0.2) is 6.04 Å². The van der Waals surface area contributed by atoms with E-state index in [-0.39, 0.29) is 11.5 Å². The highest BCUT2D eigenvalue weighted by Gasteiger charge is 2.42. The molecule has 1 aliphatic rings. The second-order valence-corrected chi connectivity index (χ2v) is 5.27. The summed E-state index contributed by atoms with van der Waals surface area (Å²) in [7, 11) is 0. The summed E-state index contributed by atoms with van der Waals surface area (Å²) in [5.41, 5.74) is 1.44. The number of alkyl halides is 3. The number of hydrogen-bond donors (Lipinski definition) is 2. The molecule has 0 amide bonds. The fourth-order valence-corrected chi connectivity index (χ4v) is 2.60. The topological polar surface area (TPSA) is 62.7 Å². The van der Waals surface area contributed by atoms with Crippen LogP contribution in [0.5, 0.6) is 0 Å². The number of anilines is 1. The van der Waals surface area contributed by atoms with E-state index in [1.54, 1.807) is 6.07 Å². The van der Waals surface area contributed by atoms with Gasteiger partial charge >= 0.3 is 6.18 Å². The van der Waals surface area contributed by atoms with Crippen LogP contribution in [0.4, 0.5) is 19.0 Å². The smallest absolute Gasteiger partial charge is 0.353 e. The van der Waals surface area contributed by atoms with Crippen LogP contribution < -0.4 is 10.6 Å². The van der Waals surface area contributed by atoms with E-state index in [2.05, 4.69) is 25.6 Å². The number of fused-ring (bicyclic) bond motifs is 1. The van der Waals surface area contributed by atoms with Crippen molar-refractivity contribution in [2.24, 2.45) is 0 Å². The molecule has 0 fully saturated rings. The maximum atomic E-state index is 13.4. The van der Waals surface area contributed by atoms with Crippen LogP contribution in [0, 0.1) is 0 Å². The molecule has 3 heterocycles. The van der Waals surface area contributed by atoms with Gasteiger partial charge in [0.2, 0.25) is 0 Å². The van der Waals surface area contributed by atoms with Crippen molar-refractivity contribution in [3.8, 4) is 0 Å². The molecule has 0 saturated carbocycles.